The number of anilines is 3. The van der Waals surface area contributed by atoms with Crippen LogP contribution in [-0.2, 0) is 4.79 Å². The van der Waals surface area contributed by atoms with E-state index in [4.69, 9.17) is 11.6 Å². The fourth-order valence-electron chi connectivity index (χ4n) is 2.75. The molecule has 0 atom stereocenters. The summed E-state index contributed by atoms with van der Waals surface area (Å²) in [4.78, 5) is 24.8. The third-order valence-corrected chi connectivity index (χ3v) is 4.54. The molecule has 0 amide bonds. The highest BCUT2D eigenvalue weighted by Crippen LogP contribution is 2.26. The van der Waals surface area contributed by atoms with E-state index in [1.54, 1.807) is 12.4 Å². The Morgan fingerprint density at radius 1 is 1.14 bits per heavy atom. The highest BCUT2D eigenvalue weighted by molar-refractivity contribution is 6.30. The van der Waals surface area contributed by atoms with Gasteiger partial charge in [0.2, 0.25) is 5.95 Å². The number of benzene rings is 1. The van der Waals surface area contributed by atoms with Crippen molar-refractivity contribution in [2.24, 2.45) is 0 Å². The van der Waals surface area contributed by atoms with E-state index in [1.807, 2.05) is 50.2 Å². The lowest BCUT2D eigenvalue weighted by molar-refractivity contribution is -0.118. The molecule has 0 aliphatic heterocycles. The molecule has 2 heterocycles. The van der Waals surface area contributed by atoms with Crippen molar-refractivity contribution in [1.82, 2.24) is 15.0 Å². The predicted octanol–water partition coefficient (Wildman–Crippen LogP) is 5.03. The minimum absolute atomic E-state index is 0.230. The molecule has 3 rings (SSSR count). The van der Waals surface area contributed by atoms with Gasteiger partial charge in [0.15, 0.2) is 0 Å². The summed E-state index contributed by atoms with van der Waals surface area (Å²) in [5, 5.41) is 7.05. The SMILES string of the molecule is CCC(=O)CCNc1nccc(-c2ccnc(Nc3cccc(Cl)c3)n2)c1C. The van der Waals surface area contributed by atoms with Crippen LogP contribution in [0.2, 0.25) is 5.02 Å². The largest absolute Gasteiger partial charge is 0.369 e. The molecule has 7 heteroatoms. The number of nitrogens with zero attached hydrogens (tertiary/aromatic N) is 3. The van der Waals surface area contributed by atoms with Crippen LogP contribution in [-0.4, -0.2) is 27.3 Å². The average Bonchev–Trinajstić information content (AvgIpc) is 2.69. The van der Waals surface area contributed by atoms with Crippen molar-refractivity contribution in [2.75, 3.05) is 17.2 Å². The zero-order valence-electron chi connectivity index (χ0n) is 15.9. The van der Waals surface area contributed by atoms with Crippen LogP contribution in [0.25, 0.3) is 11.3 Å². The summed E-state index contributed by atoms with van der Waals surface area (Å²) in [7, 11) is 0. The second-order valence-corrected chi connectivity index (χ2v) is 6.74. The highest BCUT2D eigenvalue weighted by atomic mass is 35.5. The molecule has 6 nitrogen and oxygen atoms in total. The van der Waals surface area contributed by atoms with Gasteiger partial charge >= 0.3 is 0 Å². The molecule has 0 spiro atoms. The second-order valence-electron chi connectivity index (χ2n) is 6.30. The van der Waals surface area contributed by atoms with Gasteiger partial charge in [-0.05, 0) is 37.3 Å². The van der Waals surface area contributed by atoms with Crippen molar-refractivity contribution in [3.05, 3.63) is 59.4 Å². The first-order valence-electron chi connectivity index (χ1n) is 9.14. The number of halogens is 1. The smallest absolute Gasteiger partial charge is 0.227 e. The predicted molar refractivity (Wildman–Crippen MR) is 113 cm³/mol. The molecule has 0 fully saturated rings. The molecule has 0 aliphatic carbocycles. The number of hydrogen-bond donors (Lipinski definition) is 2. The fraction of sp³-hybridized carbons (Fsp3) is 0.238. The van der Waals surface area contributed by atoms with Crippen LogP contribution in [0.5, 0.6) is 0 Å². The summed E-state index contributed by atoms with van der Waals surface area (Å²) in [5.41, 5.74) is 3.53. The van der Waals surface area contributed by atoms with Gasteiger partial charge in [0, 0.05) is 53.6 Å². The van der Waals surface area contributed by atoms with Gasteiger partial charge in [-0.2, -0.15) is 0 Å². The summed E-state index contributed by atoms with van der Waals surface area (Å²) in [6.07, 6.45) is 4.49. The van der Waals surface area contributed by atoms with Gasteiger partial charge in [0.25, 0.3) is 0 Å². The van der Waals surface area contributed by atoms with Crippen LogP contribution in [0, 0.1) is 6.92 Å². The molecule has 2 N–H and O–H groups in total. The summed E-state index contributed by atoms with van der Waals surface area (Å²) >= 11 is 6.03. The maximum absolute atomic E-state index is 11.5. The van der Waals surface area contributed by atoms with Gasteiger partial charge in [-0.25, -0.2) is 15.0 Å². The van der Waals surface area contributed by atoms with E-state index < -0.39 is 0 Å². The van der Waals surface area contributed by atoms with E-state index in [9.17, 15) is 4.79 Å². The Bertz CT molecular complexity index is 977. The summed E-state index contributed by atoms with van der Waals surface area (Å²) in [6.45, 7) is 4.42. The van der Waals surface area contributed by atoms with Crippen molar-refractivity contribution in [1.29, 1.82) is 0 Å². The normalized spacial score (nSPS) is 10.5. The van der Waals surface area contributed by atoms with Crippen molar-refractivity contribution < 1.29 is 4.79 Å². The zero-order valence-corrected chi connectivity index (χ0v) is 16.6. The van der Waals surface area contributed by atoms with Gasteiger partial charge in [-0.15, -0.1) is 0 Å². The molecule has 0 unspecified atom stereocenters. The lowest BCUT2D eigenvalue weighted by Gasteiger charge is -2.12. The molecule has 0 aliphatic rings. The fourth-order valence-corrected chi connectivity index (χ4v) is 2.94. The van der Waals surface area contributed by atoms with E-state index in [-0.39, 0.29) is 5.78 Å². The van der Waals surface area contributed by atoms with Crippen LogP contribution < -0.4 is 10.6 Å². The molecule has 0 saturated heterocycles. The summed E-state index contributed by atoms with van der Waals surface area (Å²) in [5.74, 6) is 1.47. The van der Waals surface area contributed by atoms with Crippen molar-refractivity contribution in [3.63, 3.8) is 0 Å². The van der Waals surface area contributed by atoms with Crippen molar-refractivity contribution in [3.8, 4) is 11.3 Å². The molecule has 28 heavy (non-hydrogen) atoms. The average molecular weight is 396 g/mol. The zero-order chi connectivity index (χ0) is 19.9. The van der Waals surface area contributed by atoms with Crippen LogP contribution in [0.1, 0.15) is 25.3 Å². The Hall–Kier alpha value is -2.99. The Morgan fingerprint density at radius 2 is 1.96 bits per heavy atom. The molecule has 3 aromatic rings. The van der Waals surface area contributed by atoms with E-state index in [0.717, 1.165) is 28.3 Å². The number of Topliss-reactive ketones (excluding diaryl/α,β-unsaturated/α-hetero) is 1. The van der Waals surface area contributed by atoms with Crippen LogP contribution in [0.15, 0.2) is 48.8 Å². The number of hydrogen-bond acceptors (Lipinski definition) is 6. The summed E-state index contributed by atoms with van der Waals surface area (Å²) in [6, 6.07) is 11.2. The molecular weight excluding hydrogens is 374 g/mol. The minimum atomic E-state index is 0.230. The lowest BCUT2D eigenvalue weighted by Crippen LogP contribution is -2.10. The third-order valence-electron chi connectivity index (χ3n) is 4.31. The standard InChI is InChI=1S/C21H22ClN5O/c1-3-17(28)7-10-23-20-14(2)18(8-11-24-20)19-9-12-25-21(27-19)26-16-6-4-5-15(22)13-16/h4-6,8-9,11-13H,3,7,10H2,1-2H3,(H,23,24)(H,25,26,27). The van der Waals surface area contributed by atoms with Crippen molar-refractivity contribution >= 4 is 34.8 Å². The Morgan fingerprint density at radius 3 is 2.75 bits per heavy atom. The lowest BCUT2D eigenvalue weighted by atomic mass is 10.1. The Labute approximate surface area is 169 Å². The summed E-state index contributed by atoms with van der Waals surface area (Å²) < 4.78 is 0. The first-order chi connectivity index (χ1) is 13.6. The van der Waals surface area contributed by atoms with E-state index in [1.165, 1.54) is 0 Å². The number of rotatable bonds is 8. The Kier molecular flexibility index (Phi) is 6.55. The monoisotopic (exact) mass is 395 g/mol. The number of pyridine rings is 1. The van der Waals surface area contributed by atoms with E-state index in [0.29, 0.717) is 30.4 Å². The first-order valence-corrected chi connectivity index (χ1v) is 9.52. The Balaban J connectivity index is 1.79. The molecular formula is C21H22ClN5O. The van der Waals surface area contributed by atoms with E-state index in [2.05, 4.69) is 25.6 Å². The molecule has 0 bridgehead atoms. The maximum Gasteiger partial charge on any atom is 0.227 e. The maximum atomic E-state index is 11.5. The highest BCUT2D eigenvalue weighted by Gasteiger charge is 2.10. The second kappa shape index (κ2) is 9.28. The third kappa shape index (κ3) is 5.04. The quantitative estimate of drug-likeness (QED) is 0.557. The van der Waals surface area contributed by atoms with Gasteiger partial charge < -0.3 is 10.6 Å². The minimum Gasteiger partial charge on any atom is -0.369 e. The molecule has 1 aromatic carbocycles. The molecule has 0 radical (unpaired) electrons. The molecule has 144 valence electrons. The number of carbonyl (C=O) groups excluding carboxylic acids is 1. The van der Waals surface area contributed by atoms with E-state index >= 15 is 0 Å². The van der Waals surface area contributed by atoms with Crippen LogP contribution >= 0.6 is 11.6 Å². The molecule has 2 aromatic heterocycles. The molecule has 0 saturated carbocycles. The number of aromatic nitrogens is 3. The van der Waals surface area contributed by atoms with Crippen molar-refractivity contribution in [2.45, 2.75) is 26.7 Å². The van der Waals surface area contributed by atoms with Gasteiger partial charge in [0.05, 0.1) is 5.69 Å². The van der Waals surface area contributed by atoms with Crippen LogP contribution in [0.3, 0.4) is 0 Å². The number of nitrogens with one attached hydrogen (secondary N) is 2. The first kappa shape index (κ1) is 19.8. The van der Waals surface area contributed by atoms with Gasteiger partial charge in [-0.3, -0.25) is 4.79 Å². The number of ketones is 1. The van der Waals surface area contributed by atoms with Gasteiger partial charge in [0.1, 0.15) is 11.6 Å². The number of carbonyl (C=O) groups is 1. The van der Waals surface area contributed by atoms with Crippen LogP contribution in [0.4, 0.5) is 17.5 Å². The topological polar surface area (TPSA) is 79.8 Å². The van der Waals surface area contributed by atoms with Gasteiger partial charge in [-0.1, -0.05) is 24.6 Å².